The highest BCUT2D eigenvalue weighted by atomic mass is 32.1. The van der Waals surface area contributed by atoms with Crippen LogP contribution in [0.25, 0.3) is 11.3 Å². The summed E-state index contributed by atoms with van der Waals surface area (Å²) in [5.41, 5.74) is 9.80. The van der Waals surface area contributed by atoms with Crippen molar-refractivity contribution in [2.45, 2.75) is 34.2 Å². The van der Waals surface area contributed by atoms with Crippen LogP contribution in [-0.4, -0.2) is 22.1 Å². The fourth-order valence-electron chi connectivity index (χ4n) is 2.53. The first-order chi connectivity index (χ1) is 9.51. The van der Waals surface area contributed by atoms with Gasteiger partial charge in [-0.05, 0) is 27.7 Å². The third kappa shape index (κ3) is 2.31. The Morgan fingerprint density at radius 2 is 2.10 bits per heavy atom. The quantitative estimate of drug-likeness (QED) is 0.880. The Hall–Kier alpha value is -1.82. The van der Waals surface area contributed by atoms with E-state index in [0.717, 1.165) is 29.2 Å². The van der Waals surface area contributed by atoms with Gasteiger partial charge in [0.15, 0.2) is 5.13 Å². The van der Waals surface area contributed by atoms with Crippen LogP contribution >= 0.6 is 11.3 Å². The Labute approximate surface area is 122 Å². The molecule has 0 radical (unpaired) electrons. The molecule has 2 N–H and O–H groups in total. The van der Waals surface area contributed by atoms with Crippen molar-refractivity contribution in [3.8, 4) is 11.3 Å². The van der Waals surface area contributed by atoms with E-state index in [9.17, 15) is 4.79 Å². The monoisotopic (exact) mass is 293 g/mol. The summed E-state index contributed by atoms with van der Waals surface area (Å²) in [6.07, 6.45) is 0. The van der Waals surface area contributed by atoms with Crippen molar-refractivity contribution in [2.75, 3.05) is 12.3 Å². The highest BCUT2D eigenvalue weighted by Gasteiger charge is 2.25. The molecule has 0 fully saturated rings. The molecule has 0 amide bonds. The minimum Gasteiger partial charge on any atom is -0.462 e. The lowest BCUT2D eigenvalue weighted by Crippen LogP contribution is -2.08. The van der Waals surface area contributed by atoms with Crippen molar-refractivity contribution in [1.82, 2.24) is 9.55 Å². The SMILES string of the molecule is CCOC(=O)c1c(-c2csc(N)n2)c(C)n(CC)c1C. The molecule has 2 heterocycles. The standard InChI is InChI=1S/C14H19N3O2S/c1-5-17-8(3)11(10-7-20-14(15)16-10)12(9(17)4)13(18)19-6-2/h7H,5-6H2,1-4H3,(H2,15,16). The van der Waals surface area contributed by atoms with Crippen molar-refractivity contribution in [3.05, 3.63) is 22.3 Å². The van der Waals surface area contributed by atoms with Gasteiger partial charge in [0, 0.05) is 28.9 Å². The van der Waals surface area contributed by atoms with E-state index >= 15 is 0 Å². The molecule has 0 aliphatic carbocycles. The summed E-state index contributed by atoms with van der Waals surface area (Å²) >= 11 is 1.37. The first-order valence-electron chi connectivity index (χ1n) is 6.59. The van der Waals surface area contributed by atoms with Crippen molar-refractivity contribution in [1.29, 1.82) is 0 Å². The number of thiazole rings is 1. The largest absolute Gasteiger partial charge is 0.462 e. The van der Waals surface area contributed by atoms with Crippen molar-refractivity contribution < 1.29 is 9.53 Å². The Morgan fingerprint density at radius 1 is 1.40 bits per heavy atom. The second kappa shape index (κ2) is 5.66. The van der Waals surface area contributed by atoms with Crippen molar-refractivity contribution in [3.63, 3.8) is 0 Å². The second-order valence-corrected chi connectivity index (χ2v) is 5.35. The predicted octanol–water partition coefficient (Wildman–Crippen LogP) is 3.01. The third-order valence-electron chi connectivity index (χ3n) is 3.36. The van der Waals surface area contributed by atoms with Crippen molar-refractivity contribution >= 4 is 22.4 Å². The second-order valence-electron chi connectivity index (χ2n) is 4.46. The molecule has 2 aromatic heterocycles. The first kappa shape index (κ1) is 14.6. The molecule has 20 heavy (non-hydrogen) atoms. The topological polar surface area (TPSA) is 70.1 Å². The number of esters is 1. The average Bonchev–Trinajstić information content (AvgIpc) is 2.91. The zero-order valence-corrected chi connectivity index (χ0v) is 13.0. The predicted molar refractivity (Wildman–Crippen MR) is 81.1 cm³/mol. The number of ether oxygens (including phenoxy) is 1. The van der Waals surface area contributed by atoms with E-state index in [4.69, 9.17) is 10.5 Å². The lowest BCUT2D eigenvalue weighted by atomic mass is 10.1. The van der Waals surface area contributed by atoms with Gasteiger partial charge in [0.2, 0.25) is 0 Å². The van der Waals surface area contributed by atoms with Gasteiger partial charge in [-0.1, -0.05) is 0 Å². The summed E-state index contributed by atoms with van der Waals surface area (Å²) < 4.78 is 7.28. The number of hydrogen-bond donors (Lipinski definition) is 1. The molecule has 0 atom stereocenters. The summed E-state index contributed by atoms with van der Waals surface area (Å²) in [5, 5.41) is 2.37. The van der Waals surface area contributed by atoms with Crippen LogP contribution < -0.4 is 5.73 Å². The molecular formula is C14H19N3O2S. The molecule has 0 aromatic carbocycles. The van der Waals surface area contributed by atoms with E-state index in [1.165, 1.54) is 11.3 Å². The van der Waals surface area contributed by atoms with Gasteiger partial charge >= 0.3 is 5.97 Å². The molecule has 2 aromatic rings. The Bertz CT molecular complexity index is 643. The highest BCUT2D eigenvalue weighted by Crippen LogP contribution is 2.34. The maximum atomic E-state index is 12.3. The average molecular weight is 293 g/mol. The van der Waals surface area contributed by atoms with Gasteiger partial charge < -0.3 is 15.0 Å². The number of carbonyl (C=O) groups excluding carboxylic acids is 1. The van der Waals surface area contributed by atoms with Crippen LogP contribution in [0.15, 0.2) is 5.38 Å². The maximum absolute atomic E-state index is 12.3. The van der Waals surface area contributed by atoms with E-state index in [1.54, 1.807) is 6.92 Å². The number of nitrogens with two attached hydrogens (primary N) is 1. The van der Waals surface area contributed by atoms with E-state index in [2.05, 4.69) is 9.55 Å². The number of nitrogens with zero attached hydrogens (tertiary/aromatic N) is 2. The van der Waals surface area contributed by atoms with Crippen LogP contribution in [-0.2, 0) is 11.3 Å². The van der Waals surface area contributed by atoms with Crippen LogP contribution in [0.5, 0.6) is 0 Å². The van der Waals surface area contributed by atoms with Gasteiger partial charge in [-0.25, -0.2) is 9.78 Å². The van der Waals surface area contributed by atoms with E-state index in [1.807, 2.05) is 26.2 Å². The molecule has 0 unspecified atom stereocenters. The maximum Gasteiger partial charge on any atom is 0.340 e. The summed E-state index contributed by atoms with van der Waals surface area (Å²) in [6.45, 7) is 8.93. The molecule has 0 aliphatic heterocycles. The normalized spacial score (nSPS) is 10.8. The van der Waals surface area contributed by atoms with E-state index in [0.29, 0.717) is 17.3 Å². The molecule has 6 heteroatoms. The van der Waals surface area contributed by atoms with Crippen molar-refractivity contribution in [2.24, 2.45) is 0 Å². The minimum absolute atomic E-state index is 0.304. The van der Waals surface area contributed by atoms with E-state index < -0.39 is 0 Å². The zero-order valence-electron chi connectivity index (χ0n) is 12.2. The molecule has 0 spiro atoms. The number of carbonyl (C=O) groups is 1. The summed E-state index contributed by atoms with van der Waals surface area (Å²) in [5.74, 6) is -0.304. The van der Waals surface area contributed by atoms with Gasteiger partial charge in [0.25, 0.3) is 0 Å². The van der Waals surface area contributed by atoms with Gasteiger partial charge in [-0.3, -0.25) is 0 Å². The zero-order chi connectivity index (χ0) is 14.9. The Balaban J connectivity index is 2.68. The lowest BCUT2D eigenvalue weighted by molar-refractivity contribution is 0.0526. The fourth-order valence-corrected chi connectivity index (χ4v) is 3.08. The number of nitrogen functional groups attached to an aromatic ring is 1. The van der Waals surface area contributed by atoms with E-state index in [-0.39, 0.29) is 5.97 Å². The molecule has 0 saturated heterocycles. The van der Waals surface area contributed by atoms with Gasteiger partial charge in [0.1, 0.15) is 0 Å². The molecule has 2 rings (SSSR count). The summed E-state index contributed by atoms with van der Waals surface area (Å²) in [7, 11) is 0. The highest BCUT2D eigenvalue weighted by molar-refractivity contribution is 7.13. The molecule has 0 bridgehead atoms. The molecular weight excluding hydrogens is 274 g/mol. The first-order valence-corrected chi connectivity index (χ1v) is 7.47. The van der Waals surface area contributed by atoms with Crippen LogP contribution in [0.2, 0.25) is 0 Å². The van der Waals surface area contributed by atoms with Crippen LogP contribution in [0.1, 0.15) is 35.6 Å². The van der Waals surface area contributed by atoms with Gasteiger partial charge in [0.05, 0.1) is 17.9 Å². The Kier molecular flexibility index (Phi) is 4.13. The lowest BCUT2D eigenvalue weighted by Gasteiger charge is -2.05. The van der Waals surface area contributed by atoms with Crippen LogP contribution in [0.3, 0.4) is 0 Å². The number of aromatic nitrogens is 2. The molecule has 0 aliphatic rings. The third-order valence-corrected chi connectivity index (χ3v) is 4.03. The molecule has 0 saturated carbocycles. The van der Waals surface area contributed by atoms with Crippen LogP contribution in [0.4, 0.5) is 5.13 Å². The fraction of sp³-hybridized carbons (Fsp3) is 0.429. The summed E-state index contributed by atoms with van der Waals surface area (Å²) in [4.78, 5) is 16.6. The summed E-state index contributed by atoms with van der Waals surface area (Å²) in [6, 6.07) is 0. The number of anilines is 1. The molecule has 108 valence electrons. The minimum atomic E-state index is -0.304. The van der Waals surface area contributed by atoms with Gasteiger partial charge in [-0.2, -0.15) is 0 Å². The number of hydrogen-bond acceptors (Lipinski definition) is 5. The Morgan fingerprint density at radius 3 is 2.60 bits per heavy atom. The van der Waals surface area contributed by atoms with Crippen LogP contribution in [0, 0.1) is 13.8 Å². The number of rotatable bonds is 4. The smallest absolute Gasteiger partial charge is 0.340 e. The van der Waals surface area contributed by atoms with Gasteiger partial charge in [-0.15, -0.1) is 11.3 Å². The molecule has 5 nitrogen and oxygen atoms in total.